The van der Waals surface area contributed by atoms with E-state index in [1.807, 2.05) is 18.2 Å². The normalized spacial score (nSPS) is 10.4. The average molecular weight is 351 g/mol. The van der Waals surface area contributed by atoms with Crippen LogP contribution in [0.15, 0.2) is 41.3 Å². The van der Waals surface area contributed by atoms with E-state index in [0.717, 1.165) is 16.2 Å². The van der Waals surface area contributed by atoms with Crippen molar-refractivity contribution >= 4 is 35.0 Å². The van der Waals surface area contributed by atoms with Crippen LogP contribution in [-0.4, -0.2) is 18.8 Å². The lowest BCUT2D eigenvalue weighted by atomic mass is 10.1. The lowest BCUT2D eigenvalue weighted by molar-refractivity contribution is 0.0950. The molecule has 122 valence electrons. The highest BCUT2D eigenvalue weighted by molar-refractivity contribution is 7.99. The number of hydrogen-bond donors (Lipinski definition) is 2. The largest absolute Gasteiger partial charge is 0.495 e. The molecule has 1 amide bonds. The SMILES string of the molecule is CCSc1ccc(Cl)cc1CNC(=O)c1ccc(N)c(OC)c1. The van der Waals surface area contributed by atoms with Crippen LogP contribution in [0.25, 0.3) is 0 Å². The van der Waals surface area contributed by atoms with Crippen LogP contribution in [0.1, 0.15) is 22.8 Å². The minimum absolute atomic E-state index is 0.185. The summed E-state index contributed by atoms with van der Waals surface area (Å²) >= 11 is 7.77. The highest BCUT2D eigenvalue weighted by Gasteiger charge is 2.10. The zero-order chi connectivity index (χ0) is 16.8. The number of carbonyl (C=O) groups is 1. The molecule has 0 aliphatic heterocycles. The second kappa shape index (κ2) is 8.13. The summed E-state index contributed by atoms with van der Waals surface area (Å²) < 4.78 is 5.14. The summed E-state index contributed by atoms with van der Waals surface area (Å²) in [5.74, 6) is 1.26. The third-order valence-corrected chi connectivity index (χ3v) is 4.49. The number of anilines is 1. The first-order valence-corrected chi connectivity index (χ1v) is 8.54. The van der Waals surface area contributed by atoms with Crippen molar-refractivity contribution in [1.82, 2.24) is 5.32 Å². The van der Waals surface area contributed by atoms with Gasteiger partial charge in [-0.1, -0.05) is 18.5 Å². The Bertz CT molecular complexity index is 707. The number of methoxy groups -OCH3 is 1. The summed E-state index contributed by atoms with van der Waals surface area (Å²) in [6.45, 7) is 2.50. The molecule has 2 aromatic carbocycles. The Morgan fingerprint density at radius 1 is 1.30 bits per heavy atom. The Hall–Kier alpha value is -1.85. The topological polar surface area (TPSA) is 64.4 Å². The number of nitrogens with one attached hydrogen (secondary N) is 1. The molecule has 0 bridgehead atoms. The maximum atomic E-state index is 12.3. The molecule has 0 spiro atoms. The molecule has 0 aromatic heterocycles. The van der Waals surface area contributed by atoms with Gasteiger partial charge in [-0.3, -0.25) is 4.79 Å². The first-order valence-electron chi connectivity index (χ1n) is 7.18. The van der Waals surface area contributed by atoms with Gasteiger partial charge in [0.15, 0.2) is 0 Å². The van der Waals surface area contributed by atoms with Crippen molar-refractivity contribution < 1.29 is 9.53 Å². The van der Waals surface area contributed by atoms with E-state index in [-0.39, 0.29) is 5.91 Å². The number of nitrogens with two attached hydrogens (primary N) is 1. The lowest BCUT2D eigenvalue weighted by Gasteiger charge is -2.11. The molecule has 0 aliphatic rings. The highest BCUT2D eigenvalue weighted by Crippen LogP contribution is 2.26. The molecule has 0 fully saturated rings. The summed E-state index contributed by atoms with van der Waals surface area (Å²) in [5.41, 5.74) is 7.76. The van der Waals surface area contributed by atoms with Crippen LogP contribution in [-0.2, 0) is 6.54 Å². The van der Waals surface area contributed by atoms with Gasteiger partial charge in [0.05, 0.1) is 12.8 Å². The summed E-state index contributed by atoms with van der Waals surface area (Å²) in [4.78, 5) is 13.4. The third-order valence-electron chi connectivity index (χ3n) is 3.26. The Balaban J connectivity index is 2.11. The maximum Gasteiger partial charge on any atom is 0.251 e. The van der Waals surface area contributed by atoms with Crippen LogP contribution in [0.5, 0.6) is 5.75 Å². The molecule has 3 N–H and O–H groups in total. The number of thioether (sulfide) groups is 1. The zero-order valence-electron chi connectivity index (χ0n) is 13.1. The summed E-state index contributed by atoms with van der Waals surface area (Å²) in [5, 5.41) is 3.56. The molecule has 0 atom stereocenters. The predicted octanol–water partition coefficient (Wildman–Crippen LogP) is 3.97. The van der Waals surface area contributed by atoms with Crippen LogP contribution >= 0.6 is 23.4 Å². The number of halogens is 1. The number of carbonyl (C=O) groups excluding carboxylic acids is 1. The first-order chi connectivity index (χ1) is 11.0. The van der Waals surface area contributed by atoms with Crippen molar-refractivity contribution in [1.29, 1.82) is 0 Å². The van der Waals surface area contributed by atoms with Gasteiger partial charge in [-0.05, 0) is 47.7 Å². The smallest absolute Gasteiger partial charge is 0.251 e. The van der Waals surface area contributed by atoms with Crippen LogP contribution in [0.3, 0.4) is 0 Å². The van der Waals surface area contributed by atoms with E-state index in [2.05, 4.69) is 12.2 Å². The predicted molar refractivity (Wildman–Crippen MR) is 96.4 cm³/mol. The van der Waals surface area contributed by atoms with Gasteiger partial charge in [-0.2, -0.15) is 0 Å². The van der Waals surface area contributed by atoms with E-state index in [4.69, 9.17) is 22.1 Å². The molecule has 0 saturated carbocycles. The summed E-state index contributed by atoms with van der Waals surface area (Å²) in [7, 11) is 1.52. The molecular weight excluding hydrogens is 332 g/mol. The van der Waals surface area contributed by atoms with Crippen molar-refractivity contribution in [2.45, 2.75) is 18.4 Å². The second-order valence-corrected chi connectivity index (χ2v) is 6.57. The Morgan fingerprint density at radius 3 is 2.78 bits per heavy atom. The first kappa shape index (κ1) is 17.5. The molecule has 4 nitrogen and oxygen atoms in total. The molecular formula is C17H19ClN2O2S. The lowest BCUT2D eigenvalue weighted by Crippen LogP contribution is -2.23. The van der Waals surface area contributed by atoms with Crippen LogP contribution in [0, 0.1) is 0 Å². The molecule has 0 saturated heterocycles. The number of benzene rings is 2. The zero-order valence-corrected chi connectivity index (χ0v) is 14.6. The Kier molecular flexibility index (Phi) is 6.19. The van der Waals surface area contributed by atoms with Gasteiger partial charge in [0.2, 0.25) is 0 Å². The van der Waals surface area contributed by atoms with Gasteiger partial charge < -0.3 is 15.8 Å². The highest BCUT2D eigenvalue weighted by atomic mass is 35.5. The van der Waals surface area contributed by atoms with Gasteiger partial charge >= 0.3 is 0 Å². The summed E-state index contributed by atoms with van der Waals surface area (Å²) in [6.07, 6.45) is 0. The molecule has 0 unspecified atom stereocenters. The third kappa shape index (κ3) is 4.56. The maximum absolute atomic E-state index is 12.3. The van der Waals surface area contributed by atoms with Crippen LogP contribution < -0.4 is 15.8 Å². The van der Waals surface area contributed by atoms with Crippen LogP contribution in [0.2, 0.25) is 5.02 Å². The quantitative estimate of drug-likeness (QED) is 0.611. The fourth-order valence-electron chi connectivity index (χ4n) is 2.11. The number of ether oxygens (including phenoxy) is 1. The Labute approximate surface area is 145 Å². The fraction of sp³-hybridized carbons (Fsp3) is 0.235. The van der Waals surface area contributed by atoms with E-state index < -0.39 is 0 Å². The van der Waals surface area contributed by atoms with E-state index in [0.29, 0.717) is 28.6 Å². The molecule has 0 radical (unpaired) electrons. The fourth-order valence-corrected chi connectivity index (χ4v) is 3.10. The average Bonchev–Trinajstić information content (AvgIpc) is 2.55. The van der Waals surface area contributed by atoms with E-state index in [1.54, 1.807) is 30.0 Å². The van der Waals surface area contributed by atoms with Crippen molar-refractivity contribution in [2.24, 2.45) is 0 Å². The van der Waals surface area contributed by atoms with Crippen molar-refractivity contribution in [3.63, 3.8) is 0 Å². The molecule has 0 aliphatic carbocycles. The number of nitrogen functional groups attached to an aromatic ring is 1. The number of hydrogen-bond acceptors (Lipinski definition) is 4. The minimum Gasteiger partial charge on any atom is -0.495 e. The molecule has 6 heteroatoms. The van der Waals surface area contributed by atoms with E-state index in [9.17, 15) is 4.79 Å². The van der Waals surface area contributed by atoms with Crippen molar-refractivity contribution in [3.05, 3.63) is 52.5 Å². The molecule has 23 heavy (non-hydrogen) atoms. The van der Waals surface area contributed by atoms with Gasteiger partial charge in [0.25, 0.3) is 5.91 Å². The minimum atomic E-state index is -0.185. The summed E-state index contributed by atoms with van der Waals surface area (Å²) in [6, 6.07) is 10.7. The van der Waals surface area contributed by atoms with Crippen LogP contribution in [0.4, 0.5) is 5.69 Å². The molecule has 0 heterocycles. The second-order valence-electron chi connectivity index (χ2n) is 4.82. The molecule has 2 aromatic rings. The van der Waals surface area contributed by atoms with E-state index >= 15 is 0 Å². The monoisotopic (exact) mass is 350 g/mol. The Morgan fingerprint density at radius 2 is 2.09 bits per heavy atom. The number of rotatable bonds is 6. The number of amides is 1. The van der Waals surface area contributed by atoms with Gasteiger partial charge in [-0.25, -0.2) is 0 Å². The van der Waals surface area contributed by atoms with Crippen molar-refractivity contribution in [3.8, 4) is 5.75 Å². The van der Waals surface area contributed by atoms with Gasteiger partial charge in [-0.15, -0.1) is 11.8 Å². The van der Waals surface area contributed by atoms with Crippen molar-refractivity contribution in [2.75, 3.05) is 18.6 Å². The van der Waals surface area contributed by atoms with Gasteiger partial charge in [0.1, 0.15) is 5.75 Å². The standard InChI is InChI=1S/C17H19ClN2O2S/c1-3-23-16-7-5-13(18)8-12(16)10-20-17(21)11-4-6-14(19)15(9-11)22-2/h4-9H,3,10,19H2,1-2H3,(H,20,21). The molecule has 2 rings (SSSR count). The van der Waals surface area contributed by atoms with E-state index in [1.165, 1.54) is 7.11 Å². The van der Waals surface area contributed by atoms with Gasteiger partial charge in [0, 0.05) is 22.0 Å².